The normalized spacial score (nSPS) is 17.5. The number of sulfonamides is 1. The van der Waals surface area contributed by atoms with Crippen LogP contribution in [0.15, 0.2) is 38.3 Å². The van der Waals surface area contributed by atoms with Crippen LogP contribution in [0.25, 0.3) is 0 Å². The van der Waals surface area contributed by atoms with E-state index in [9.17, 15) is 13.2 Å². The first-order chi connectivity index (χ1) is 13.4. The largest absolute Gasteiger partial charge is 0.493 e. The Kier molecular flexibility index (Phi) is 6.64. The van der Waals surface area contributed by atoms with Crippen molar-refractivity contribution in [2.45, 2.75) is 29.6 Å². The number of halogens is 1. The van der Waals surface area contributed by atoms with Gasteiger partial charge in [-0.25, -0.2) is 8.42 Å². The van der Waals surface area contributed by atoms with Crippen molar-refractivity contribution in [3.63, 3.8) is 0 Å². The summed E-state index contributed by atoms with van der Waals surface area (Å²) in [5.41, 5.74) is 0.834. The van der Waals surface area contributed by atoms with E-state index in [2.05, 4.69) is 21.2 Å². The highest BCUT2D eigenvalue weighted by Gasteiger charge is 2.39. The fraction of sp³-hybridized carbons (Fsp3) is 0.389. The van der Waals surface area contributed by atoms with E-state index >= 15 is 0 Å². The molecule has 28 heavy (non-hydrogen) atoms. The van der Waals surface area contributed by atoms with Gasteiger partial charge in [0.15, 0.2) is 11.5 Å². The molecule has 1 aliphatic rings. The van der Waals surface area contributed by atoms with Gasteiger partial charge < -0.3 is 14.8 Å². The average molecular weight is 489 g/mol. The SMILES string of the molecule is COc1ccc(CNC(=O)C2CCCN2S(=O)(=O)c2ccc(Br)s2)cc1OC. The van der Waals surface area contributed by atoms with Gasteiger partial charge in [0.05, 0.1) is 18.0 Å². The lowest BCUT2D eigenvalue weighted by Crippen LogP contribution is -2.45. The maximum absolute atomic E-state index is 12.9. The number of amides is 1. The van der Waals surface area contributed by atoms with E-state index in [0.717, 1.165) is 20.7 Å². The van der Waals surface area contributed by atoms with E-state index in [1.165, 1.54) is 4.31 Å². The number of carbonyl (C=O) groups excluding carboxylic acids is 1. The minimum Gasteiger partial charge on any atom is -0.493 e. The van der Waals surface area contributed by atoms with Crippen molar-refractivity contribution in [2.24, 2.45) is 0 Å². The van der Waals surface area contributed by atoms with Crippen LogP contribution in [0.4, 0.5) is 0 Å². The van der Waals surface area contributed by atoms with Crippen LogP contribution in [0.1, 0.15) is 18.4 Å². The maximum atomic E-state index is 12.9. The molecule has 2 aromatic rings. The Bertz CT molecular complexity index is 961. The van der Waals surface area contributed by atoms with Gasteiger partial charge in [-0.1, -0.05) is 6.07 Å². The molecule has 1 atom stereocenters. The van der Waals surface area contributed by atoms with Crippen LogP contribution in [-0.2, 0) is 21.4 Å². The zero-order chi connectivity index (χ0) is 20.3. The summed E-state index contributed by atoms with van der Waals surface area (Å²) in [6.07, 6.45) is 1.16. The lowest BCUT2D eigenvalue weighted by Gasteiger charge is -2.22. The van der Waals surface area contributed by atoms with Crippen molar-refractivity contribution in [1.82, 2.24) is 9.62 Å². The number of hydrogen-bond donors (Lipinski definition) is 1. The van der Waals surface area contributed by atoms with Crippen molar-refractivity contribution < 1.29 is 22.7 Å². The molecule has 1 amide bonds. The van der Waals surface area contributed by atoms with Crippen LogP contribution in [-0.4, -0.2) is 45.4 Å². The Morgan fingerprint density at radius 2 is 2.00 bits per heavy atom. The van der Waals surface area contributed by atoms with Gasteiger partial charge in [0.1, 0.15) is 10.3 Å². The van der Waals surface area contributed by atoms with Gasteiger partial charge in [-0.15, -0.1) is 11.3 Å². The fourth-order valence-electron chi connectivity index (χ4n) is 3.14. The second kappa shape index (κ2) is 8.81. The smallest absolute Gasteiger partial charge is 0.253 e. The first-order valence-corrected chi connectivity index (χ1v) is 11.7. The summed E-state index contributed by atoms with van der Waals surface area (Å²) in [6, 6.07) is 7.92. The van der Waals surface area contributed by atoms with Crippen LogP contribution < -0.4 is 14.8 Å². The zero-order valence-electron chi connectivity index (χ0n) is 15.5. The summed E-state index contributed by atoms with van der Waals surface area (Å²) < 4.78 is 38.5. The highest BCUT2D eigenvalue weighted by Crippen LogP contribution is 2.32. The van der Waals surface area contributed by atoms with E-state index in [0.29, 0.717) is 30.9 Å². The number of rotatable bonds is 7. The van der Waals surface area contributed by atoms with Gasteiger partial charge in [0, 0.05) is 13.1 Å². The van der Waals surface area contributed by atoms with Gasteiger partial charge in [-0.3, -0.25) is 4.79 Å². The van der Waals surface area contributed by atoms with Crippen molar-refractivity contribution in [1.29, 1.82) is 0 Å². The Hall–Kier alpha value is -1.62. The predicted molar refractivity (Wildman–Crippen MR) is 110 cm³/mol. The number of ether oxygens (including phenoxy) is 2. The molecule has 0 spiro atoms. The van der Waals surface area contributed by atoms with Gasteiger partial charge in [0.25, 0.3) is 10.0 Å². The Morgan fingerprint density at radius 3 is 2.64 bits per heavy atom. The molecule has 1 aromatic heterocycles. The van der Waals surface area contributed by atoms with Gasteiger partial charge in [-0.05, 0) is 58.6 Å². The summed E-state index contributed by atoms with van der Waals surface area (Å²) in [5, 5.41) is 2.84. The van der Waals surface area contributed by atoms with E-state index in [1.807, 2.05) is 6.07 Å². The first kappa shape index (κ1) is 21.1. The molecular formula is C18H21BrN2O5S2. The molecule has 1 aromatic carbocycles. The van der Waals surface area contributed by atoms with Gasteiger partial charge in [0.2, 0.25) is 5.91 Å². The van der Waals surface area contributed by atoms with E-state index in [1.54, 1.807) is 38.5 Å². The molecular weight excluding hydrogens is 468 g/mol. The molecule has 7 nitrogen and oxygen atoms in total. The lowest BCUT2D eigenvalue weighted by atomic mass is 10.1. The van der Waals surface area contributed by atoms with Gasteiger partial charge >= 0.3 is 0 Å². The minimum atomic E-state index is -3.69. The number of thiophene rings is 1. The lowest BCUT2D eigenvalue weighted by molar-refractivity contribution is -0.124. The van der Waals surface area contributed by atoms with Crippen LogP contribution in [0, 0.1) is 0 Å². The monoisotopic (exact) mass is 488 g/mol. The van der Waals surface area contributed by atoms with Crippen molar-refractivity contribution in [2.75, 3.05) is 20.8 Å². The van der Waals surface area contributed by atoms with E-state index in [4.69, 9.17) is 9.47 Å². The van der Waals surface area contributed by atoms with E-state index in [-0.39, 0.29) is 16.7 Å². The number of nitrogens with one attached hydrogen (secondary N) is 1. The Labute approximate surface area is 176 Å². The summed E-state index contributed by atoms with van der Waals surface area (Å²) >= 11 is 4.43. The summed E-state index contributed by atoms with van der Waals surface area (Å²) in [6.45, 7) is 0.612. The average Bonchev–Trinajstić information content (AvgIpc) is 3.35. The highest BCUT2D eigenvalue weighted by atomic mass is 79.9. The maximum Gasteiger partial charge on any atom is 0.253 e. The zero-order valence-corrected chi connectivity index (χ0v) is 18.7. The Morgan fingerprint density at radius 1 is 1.25 bits per heavy atom. The summed E-state index contributed by atoms with van der Waals surface area (Å²) in [4.78, 5) is 12.7. The summed E-state index contributed by atoms with van der Waals surface area (Å²) in [5.74, 6) is 0.877. The number of nitrogens with zero attached hydrogens (tertiary/aromatic N) is 1. The van der Waals surface area contributed by atoms with Crippen LogP contribution in [0.3, 0.4) is 0 Å². The molecule has 1 aliphatic heterocycles. The minimum absolute atomic E-state index is 0.235. The van der Waals surface area contributed by atoms with Gasteiger partial charge in [-0.2, -0.15) is 4.31 Å². The molecule has 1 unspecified atom stereocenters. The quantitative estimate of drug-likeness (QED) is 0.647. The van der Waals surface area contributed by atoms with Crippen molar-refractivity contribution in [3.05, 3.63) is 39.7 Å². The molecule has 1 N–H and O–H groups in total. The molecule has 2 heterocycles. The predicted octanol–water partition coefficient (Wildman–Crippen LogP) is 3.00. The van der Waals surface area contributed by atoms with Crippen LogP contribution in [0.5, 0.6) is 11.5 Å². The fourth-order valence-corrected chi connectivity index (χ4v) is 6.94. The molecule has 0 aliphatic carbocycles. The standard InChI is InChI=1S/C18H21BrN2O5S2/c1-25-14-6-5-12(10-15(14)26-2)11-20-18(22)13-4-3-9-21(13)28(23,24)17-8-7-16(19)27-17/h5-8,10,13H,3-4,9,11H2,1-2H3,(H,20,22). The molecule has 1 fully saturated rings. The second-order valence-electron chi connectivity index (χ2n) is 6.24. The van der Waals surface area contributed by atoms with Crippen molar-refractivity contribution in [3.8, 4) is 11.5 Å². The molecule has 152 valence electrons. The van der Waals surface area contributed by atoms with E-state index < -0.39 is 16.1 Å². The number of methoxy groups -OCH3 is 2. The number of benzene rings is 1. The third kappa shape index (κ3) is 4.35. The first-order valence-electron chi connectivity index (χ1n) is 8.62. The topological polar surface area (TPSA) is 84.9 Å². The molecule has 0 saturated carbocycles. The molecule has 0 radical (unpaired) electrons. The third-order valence-corrected chi connectivity index (χ3v) is 8.53. The van der Waals surface area contributed by atoms with Crippen LogP contribution in [0.2, 0.25) is 0 Å². The van der Waals surface area contributed by atoms with Crippen LogP contribution >= 0.6 is 27.3 Å². The molecule has 3 rings (SSSR count). The molecule has 10 heteroatoms. The second-order valence-corrected chi connectivity index (χ2v) is 10.8. The highest BCUT2D eigenvalue weighted by molar-refractivity contribution is 9.11. The number of carbonyl (C=O) groups is 1. The molecule has 1 saturated heterocycles. The van der Waals surface area contributed by atoms with Crippen molar-refractivity contribution >= 4 is 43.2 Å². The third-order valence-electron chi connectivity index (χ3n) is 4.53. The Balaban J connectivity index is 1.70. The number of hydrogen-bond acceptors (Lipinski definition) is 6. The summed E-state index contributed by atoms with van der Waals surface area (Å²) in [7, 11) is -0.588. The molecule has 0 bridgehead atoms.